The van der Waals surface area contributed by atoms with Gasteiger partial charge in [-0.2, -0.15) is 4.99 Å². The van der Waals surface area contributed by atoms with Crippen LogP contribution in [0.4, 0.5) is 0 Å². The van der Waals surface area contributed by atoms with Gasteiger partial charge >= 0.3 is 0 Å². The maximum atomic E-state index is 12.3. The van der Waals surface area contributed by atoms with E-state index < -0.39 is 9.84 Å². The van der Waals surface area contributed by atoms with Gasteiger partial charge in [0.1, 0.15) is 0 Å². The highest BCUT2D eigenvalue weighted by Gasteiger charge is 2.47. The third-order valence-corrected chi connectivity index (χ3v) is 7.65. The molecule has 3 rings (SSSR count). The van der Waals surface area contributed by atoms with E-state index in [-0.39, 0.29) is 35.1 Å². The topological polar surface area (TPSA) is 85.3 Å². The van der Waals surface area contributed by atoms with Crippen molar-refractivity contribution in [3.8, 4) is 11.5 Å². The Labute approximate surface area is 151 Å². The van der Waals surface area contributed by atoms with Gasteiger partial charge in [0, 0.05) is 12.3 Å². The Balaban J connectivity index is 1.70. The molecule has 0 bridgehead atoms. The van der Waals surface area contributed by atoms with E-state index in [2.05, 4.69) is 4.99 Å². The van der Waals surface area contributed by atoms with Gasteiger partial charge in [0.2, 0.25) is 0 Å². The number of rotatable bonds is 4. The lowest BCUT2D eigenvalue weighted by atomic mass is 10.1. The number of ether oxygens (including phenoxy) is 2. The summed E-state index contributed by atoms with van der Waals surface area (Å²) in [5.41, 5.74) is 0.778. The molecule has 0 radical (unpaired) electrons. The number of aliphatic imine (C=N–C) groups is 1. The first kappa shape index (κ1) is 18.1. The van der Waals surface area contributed by atoms with Gasteiger partial charge in [-0.05, 0) is 17.7 Å². The van der Waals surface area contributed by atoms with Crippen LogP contribution in [-0.2, 0) is 21.1 Å². The second-order valence-corrected chi connectivity index (χ2v) is 9.43. The maximum Gasteiger partial charge on any atom is 0.252 e. The maximum absolute atomic E-state index is 12.3. The number of thioether (sulfide) groups is 1. The van der Waals surface area contributed by atoms with Crippen molar-refractivity contribution >= 4 is 32.7 Å². The summed E-state index contributed by atoms with van der Waals surface area (Å²) >= 11 is 1.38. The number of carbonyl (C=O) groups is 1. The van der Waals surface area contributed by atoms with E-state index in [1.807, 2.05) is 4.90 Å². The van der Waals surface area contributed by atoms with Crippen molar-refractivity contribution < 1.29 is 22.7 Å². The summed E-state index contributed by atoms with van der Waals surface area (Å²) in [6.45, 7) is 0. The van der Waals surface area contributed by atoms with Gasteiger partial charge in [-0.15, -0.1) is 0 Å². The second-order valence-electron chi connectivity index (χ2n) is 6.07. The normalized spacial score (nSPS) is 25.9. The molecule has 136 valence electrons. The van der Waals surface area contributed by atoms with Crippen LogP contribution in [0.5, 0.6) is 11.5 Å². The highest BCUT2D eigenvalue weighted by atomic mass is 32.2. The molecule has 0 N–H and O–H groups in total. The van der Waals surface area contributed by atoms with Gasteiger partial charge < -0.3 is 14.4 Å². The molecule has 2 fully saturated rings. The zero-order valence-electron chi connectivity index (χ0n) is 14.3. The molecule has 2 atom stereocenters. The fraction of sp³-hybridized carbons (Fsp3) is 0.500. The van der Waals surface area contributed by atoms with E-state index in [0.717, 1.165) is 5.56 Å². The molecule has 9 heteroatoms. The molecule has 1 aromatic rings. The largest absolute Gasteiger partial charge is 0.493 e. The monoisotopic (exact) mass is 384 g/mol. The molecule has 0 aromatic heterocycles. The van der Waals surface area contributed by atoms with Crippen molar-refractivity contribution in [2.45, 2.75) is 17.7 Å². The smallest absolute Gasteiger partial charge is 0.252 e. The predicted molar refractivity (Wildman–Crippen MR) is 97.3 cm³/mol. The highest BCUT2D eigenvalue weighted by molar-refractivity contribution is 8.15. The molecular weight excluding hydrogens is 364 g/mol. The Morgan fingerprint density at radius 2 is 2.00 bits per heavy atom. The summed E-state index contributed by atoms with van der Waals surface area (Å²) in [7, 11) is 1.91. The Morgan fingerprint density at radius 3 is 2.64 bits per heavy atom. The number of amidine groups is 1. The fourth-order valence-corrected chi connectivity index (χ4v) is 7.06. The van der Waals surface area contributed by atoms with Crippen molar-refractivity contribution in [2.24, 2.45) is 4.99 Å². The van der Waals surface area contributed by atoms with Crippen LogP contribution in [0.1, 0.15) is 5.56 Å². The lowest BCUT2D eigenvalue weighted by Crippen LogP contribution is -2.34. The van der Waals surface area contributed by atoms with Crippen molar-refractivity contribution in [1.82, 2.24) is 4.90 Å². The van der Waals surface area contributed by atoms with Gasteiger partial charge in [0.15, 0.2) is 26.5 Å². The SMILES string of the molecule is COc1ccc(CC(=O)N=C2SC3CS(=O)(=O)CC3N2C)cc1OC. The van der Waals surface area contributed by atoms with Crippen molar-refractivity contribution in [3.63, 3.8) is 0 Å². The van der Waals surface area contributed by atoms with Crippen LogP contribution in [-0.4, -0.2) is 68.5 Å². The molecule has 25 heavy (non-hydrogen) atoms. The van der Waals surface area contributed by atoms with Gasteiger partial charge in [0.25, 0.3) is 5.91 Å². The molecule has 2 saturated heterocycles. The number of amides is 1. The van der Waals surface area contributed by atoms with Gasteiger partial charge in [-0.1, -0.05) is 17.8 Å². The number of hydrogen-bond donors (Lipinski definition) is 0. The number of methoxy groups -OCH3 is 2. The van der Waals surface area contributed by atoms with Gasteiger partial charge in [-0.3, -0.25) is 4.79 Å². The Hall–Kier alpha value is -1.74. The second kappa shape index (κ2) is 6.87. The number of hydrogen-bond acceptors (Lipinski definition) is 6. The van der Waals surface area contributed by atoms with Crippen LogP contribution in [0.2, 0.25) is 0 Å². The number of fused-ring (bicyclic) bond motifs is 1. The van der Waals surface area contributed by atoms with Gasteiger partial charge in [0.05, 0.1) is 38.2 Å². The predicted octanol–water partition coefficient (Wildman–Crippen LogP) is 0.973. The Kier molecular flexibility index (Phi) is 4.97. The molecule has 1 aromatic carbocycles. The summed E-state index contributed by atoms with van der Waals surface area (Å²) in [5.74, 6) is 1.17. The van der Waals surface area contributed by atoms with Crippen LogP contribution in [0.25, 0.3) is 0 Å². The molecule has 2 unspecified atom stereocenters. The van der Waals surface area contributed by atoms with Crippen molar-refractivity contribution in [3.05, 3.63) is 23.8 Å². The number of nitrogens with zero attached hydrogens (tertiary/aromatic N) is 2. The quantitative estimate of drug-likeness (QED) is 0.765. The van der Waals surface area contributed by atoms with Crippen LogP contribution >= 0.6 is 11.8 Å². The summed E-state index contributed by atoms with van der Waals surface area (Å²) < 4.78 is 33.8. The minimum atomic E-state index is -2.98. The van der Waals surface area contributed by atoms with E-state index in [4.69, 9.17) is 9.47 Å². The zero-order chi connectivity index (χ0) is 18.2. The summed E-state index contributed by atoms with van der Waals surface area (Å²) in [5, 5.41) is 0.554. The van der Waals surface area contributed by atoms with E-state index in [1.54, 1.807) is 39.5 Å². The molecular formula is C16H20N2O5S2. The molecule has 2 heterocycles. The standard InChI is InChI=1S/C16H20N2O5S2/c1-18-11-8-25(20,21)9-14(11)24-16(18)17-15(19)7-10-4-5-12(22-2)13(6-10)23-3/h4-6,11,14H,7-9H2,1-3H3. The molecule has 0 spiro atoms. The average Bonchev–Trinajstić information content (AvgIpc) is 3.00. The van der Waals surface area contributed by atoms with E-state index >= 15 is 0 Å². The van der Waals surface area contributed by atoms with E-state index in [9.17, 15) is 13.2 Å². The van der Waals surface area contributed by atoms with E-state index in [1.165, 1.54) is 11.8 Å². The highest BCUT2D eigenvalue weighted by Crippen LogP contribution is 2.37. The van der Waals surface area contributed by atoms with Gasteiger partial charge in [-0.25, -0.2) is 8.42 Å². The molecule has 0 saturated carbocycles. The number of benzene rings is 1. The summed E-state index contributed by atoms with van der Waals surface area (Å²) in [4.78, 5) is 18.3. The lowest BCUT2D eigenvalue weighted by molar-refractivity contribution is -0.117. The fourth-order valence-electron chi connectivity index (χ4n) is 3.05. The Bertz CT molecular complexity index is 822. The first-order valence-corrected chi connectivity index (χ1v) is 10.5. The summed E-state index contributed by atoms with van der Waals surface area (Å²) in [6.07, 6.45) is 0.145. The molecule has 2 aliphatic rings. The number of carbonyl (C=O) groups excluding carboxylic acids is 1. The van der Waals surface area contributed by atoms with Crippen molar-refractivity contribution in [2.75, 3.05) is 32.8 Å². The molecule has 2 aliphatic heterocycles. The Morgan fingerprint density at radius 1 is 1.28 bits per heavy atom. The van der Waals surface area contributed by atoms with Crippen LogP contribution in [0.15, 0.2) is 23.2 Å². The molecule has 0 aliphatic carbocycles. The molecule has 1 amide bonds. The van der Waals surface area contributed by atoms with E-state index in [0.29, 0.717) is 16.7 Å². The van der Waals surface area contributed by atoms with Crippen LogP contribution < -0.4 is 9.47 Å². The first-order chi connectivity index (χ1) is 11.8. The molecule has 7 nitrogen and oxygen atoms in total. The number of sulfone groups is 1. The first-order valence-electron chi connectivity index (χ1n) is 7.75. The lowest BCUT2D eigenvalue weighted by Gasteiger charge is -2.17. The van der Waals surface area contributed by atoms with Crippen LogP contribution in [0, 0.1) is 0 Å². The average molecular weight is 384 g/mol. The van der Waals surface area contributed by atoms with Crippen molar-refractivity contribution in [1.29, 1.82) is 0 Å². The minimum absolute atomic E-state index is 0.0392. The zero-order valence-corrected chi connectivity index (χ0v) is 15.9. The van der Waals surface area contributed by atoms with Crippen LogP contribution in [0.3, 0.4) is 0 Å². The summed E-state index contributed by atoms with van der Waals surface area (Å²) in [6, 6.07) is 5.21. The minimum Gasteiger partial charge on any atom is -0.493 e. The third-order valence-electron chi connectivity index (χ3n) is 4.35. The third kappa shape index (κ3) is 3.77.